The van der Waals surface area contributed by atoms with E-state index in [0.29, 0.717) is 17.2 Å². The zero-order chi connectivity index (χ0) is 16.7. The van der Waals surface area contributed by atoms with Crippen molar-refractivity contribution in [3.05, 3.63) is 54.1 Å². The molecule has 1 N–H and O–H groups in total. The first-order chi connectivity index (χ1) is 11.1. The molecule has 24 heavy (non-hydrogen) atoms. The molecule has 0 aliphatic carbocycles. The van der Waals surface area contributed by atoms with Crippen LogP contribution in [0.4, 0.5) is 5.69 Å². The molecular formula is C17H13N2NaO4. The number of benzene rings is 2. The summed E-state index contributed by atoms with van der Waals surface area (Å²) in [6, 6.07) is 15.6. The third-order valence-corrected chi connectivity index (χ3v) is 2.91. The molecule has 0 saturated heterocycles. The Morgan fingerprint density at radius 1 is 1.12 bits per heavy atom. The van der Waals surface area contributed by atoms with Gasteiger partial charge in [0, 0.05) is 18.1 Å². The van der Waals surface area contributed by atoms with Crippen molar-refractivity contribution < 1.29 is 49.0 Å². The number of carboxylic acid groups (broad SMARTS) is 1. The van der Waals surface area contributed by atoms with Crippen molar-refractivity contribution in [3.63, 3.8) is 0 Å². The molecule has 6 nitrogen and oxygen atoms in total. The van der Waals surface area contributed by atoms with Gasteiger partial charge in [-0.2, -0.15) is 5.26 Å². The van der Waals surface area contributed by atoms with Crippen LogP contribution in [0.1, 0.15) is 18.4 Å². The monoisotopic (exact) mass is 332 g/mol. The minimum absolute atomic E-state index is 0. The van der Waals surface area contributed by atoms with Gasteiger partial charge in [-0.1, -0.05) is 18.2 Å². The van der Waals surface area contributed by atoms with Gasteiger partial charge in [-0.15, -0.1) is 0 Å². The van der Waals surface area contributed by atoms with E-state index in [4.69, 9.17) is 4.74 Å². The summed E-state index contributed by atoms with van der Waals surface area (Å²) in [7, 11) is 0. The largest absolute Gasteiger partial charge is 1.00 e. The van der Waals surface area contributed by atoms with E-state index >= 15 is 0 Å². The number of nitriles is 1. The fourth-order valence-electron chi connectivity index (χ4n) is 1.84. The Morgan fingerprint density at radius 3 is 2.46 bits per heavy atom. The summed E-state index contributed by atoms with van der Waals surface area (Å²) in [5.74, 6) is -0.791. The Hall–Kier alpha value is -2.33. The van der Waals surface area contributed by atoms with E-state index < -0.39 is 11.9 Å². The van der Waals surface area contributed by atoms with Gasteiger partial charge in [0.05, 0.1) is 5.56 Å². The van der Waals surface area contributed by atoms with Gasteiger partial charge in [-0.25, -0.2) is 0 Å². The maximum Gasteiger partial charge on any atom is 1.00 e. The number of ether oxygens (including phenoxy) is 1. The summed E-state index contributed by atoms with van der Waals surface area (Å²) in [6.45, 7) is 0. The second-order valence-electron chi connectivity index (χ2n) is 4.66. The Morgan fingerprint density at radius 2 is 1.83 bits per heavy atom. The molecule has 0 aliphatic heterocycles. The number of carbonyl (C=O) groups is 2. The molecule has 116 valence electrons. The molecular weight excluding hydrogens is 319 g/mol. The third kappa shape index (κ3) is 6.05. The van der Waals surface area contributed by atoms with E-state index in [1.807, 2.05) is 24.3 Å². The minimum atomic E-state index is -1.29. The van der Waals surface area contributed by atoms with Crippen LogP contribution in [0, 0.1) is 11.3 Å². The molecule has 0 unspecified atom stereocenters. The number of carboxylic acids is 1. The number of para-hydroxylation sites is 1. The molecule has 0 spiro atoms. The Kier molecular flexibility index (Phi) is 7.99. The van der Waals surface area contributed by atoms with E-state index in [1.54, 1.807) is 24.3 Å². The minimum Gasteiger partial charge on any atom is -0.550 e. The molecule has 0 heterocycles. The summed E-state index contributed by atoms with van der Waals surface area (Å²) in [6.07, 6.45) is -0.543. The van der Waals surface area contributed by atoms with Crippen molar-refractivity contribution in [2.24, 2.45) is 0 Å². The molecule has 0 atom stereocenters. The molecule has 0 aromatic heterocycles. The van der Waals surface area contributed by atoms with E-state index in [1.165, 1.54) is 6.07 Å². The second kappa shape index (κ2) is 9.73. The maximum atomic E-state index is 11.6. The van der Waals surface area contributed by atoms with Crippen molar-refractivity contribution in [2.75, 3.05) is 5.32 Å². The zero-order valence-electron chi connectivity index (χ0n) is 13.1. The number of aliphatic carboxylic acids is 1. The van der Waals surface area contributed by atoms with Crippen LogP contribution in [-0.4, -0.2) is 11.9 Å². The van der Waals surface area contributed by atoms with Crippen molar-refractivity contribution in [3.8, 4) is 17.6 Å². The standard InChI is InChI=1S/C17H14N2O4.Na/c18-11-12-10-13(19-16(20)8-9-17(21)22)6-7-15(12)23-14-4-2-1-3-5-14;/h1-7,10H,8-9H2,(H,19,20)(H,21,22);/q;+1/p-1. The quantitative estimate of drug-likeness (QED) is 0.671. The van der Waals surface area contributed by atoms with Crippen molar-refractivity contribution in [1.82, 2.24) is 0 Å². The predicted octanol–water partition coefficient (Wildman–Crippen LogP) is -1.18. The Labute approximate surface area is 161 Å². The second-order valence-corrected chi connectivity index (χ2v) is 4.66. The van der Waals surface area contributed by atoms with Crippen molar-refractivity contribution in [2.45, 2.75) is 12.8 Å². The van der Waals surface area contributed by atoms with Crippen LogP contribution in [-0.2, 0) is 9.59 Å². The summed E-state index contributed by atoms with van der Waals surface area (Å²) in [5, 5.41) is 22.1. The van der Waals surface area contributed by atoms with Crippen LogP contribution >= 0.6 is 0 Å². The molecule has 0 radical (unpaired) electrons. The van der Waals surface area contributed by atoms with Crippen LogP contribution < -0.4 is 44.7 Å². The molecule has 2 aromatic carbocycles. The van der Waals surface area contributed by atoms with E-state index in [2.05, 4.69) is 5.32 Å². The Bertz CT molecular complexity index is 757. The molecule has 2 rings (SSSR count). The third-order valence-electron chi connectivity index (χ3n) is 2.91. The van der Waals surface area contributed by atoms with Crippen molar-refractivity contribution >= 4 is 17.6 Å². The first-order valence-corrected chi connectivity index (χ1v) is 6.85. The summed E-state index contributed by atoms with van der Waals surface area (Å²) in [4.78, 5) is 21.9. The number of amides is 1. The normalized spacial score (nSPS) is 9.29. The van der Waals surface area contributed by atoms with E-state index in [-0.39, 0.29) is 48.0 Å². The number of nitrogens with one attached hydrogen (secondary N) is 1. The smallest absolute Gasteiger partial charge is 0.550 e. The van der Waals surface area contributed by atoms with Gasteiger partial charge < -0.3 is 20.0 Å². The molecule has 0 aliphatic rings. The molecule has 0 bridgehead atoms. The van der Waals surface area contributed by atoms with Gasteiger partial charge in [0.1, 0.15) is 17.6 Å². The Balaban J connectivity index is 0.00000288. The van der Waals surface area contributed by atoms with Crippen LogP contribution in [0.2, 0.25) is 0 Å². The summed E-state index contributed by atoms with van der Waals surface area (Å²) >= 11 is 0. The number of carbonyl (C=O) groups excluding carboxylic acids is 2. The van der Waals surface area contributed by atoms with Gasteiger partial charge in [0.25, 0.3) is 0 Å². The topological polar surface area (TPSA) is 102 Å². The van der Waals surface area contributed by atoms with Crippen LogP contribution in [0.3, 0.4) is 0 Å². The average molecular weight is 332 g/mol. The molecule has 7 heteroatoms. The predicted molar refractivity (Wildman–Crippen MR) is 80.5 cm³/mol. The number of hydrogen-bond acceptors (Lipinski definition) is 5. The maximum absolute atomic E-state index is 11.6. The first kappa shape index (κ1) is 19.7. The number of nitrogens with zero attached hydrogens (tertiary/aromatic N) is 1. The fraction of sp³-hybridized carbons (Fsp3) is 0.118. The molecule has 0 saturated carbocycles. The number of hydrogen-bond donors (Lipinski definition) is 1. The van der Waals surface area contributed by atoms with Gasteiger partial charge in [-0.3, -0.25) is 4.79 Å². The van der Waals surface area contributed by atoms with Crippen LogP contribution in [0.15, 0.2) is 48.5 Å². The zero-order valence-corrected chi connectivity index (χ0v) is 15.1. The molecule has 2 aromatic rings. The summed E-state index contributed by atoms with van der Waals surface area (Å²) in [5.41, 5.74) is 0.650. The van der Waals surface area contributed by atoms with Gasteiger partial charge in [0.15, 0.2) is 0 Å². The van der Waals surface area contributed by atoms with E-state index in [9.17, 15) is 20.0 Å². The molecule has 1 amide bonds. The first-order valence-electron chi connectivity index (χ1n) is 6.85. The SMILES string of the molecule is N#Cc1cc(NC(=O)CCC(=O)[O-])ccc1Oc1ccccc1.[Na+]. The van der Waals surface area contributed by atoms with Gasteiger partial charge in [-0.05, 0) is 36.8 Å². The van der Waals surface area contributed by atoms with Crippen molar-refractivity contribution in [1.29, 1.82) is 5.26 Å². The van der Waals surface area contributed by atoms with Crippen LogP contribution in [0.5, 0.6) is 11.5 Å². The molecule has 0 fully saturated rings. The summed E-state index contributed by atoms with van der Waals surface area (Å²) < 4.78 is 5.62. The van der Waals surface area contributed by atoms with Crippen LogP contribution in [0.25, 0.3) is 0 Å². The fourth-order valence-corrected chi connectivity index (χ4v) is 1.84. The van der Waals surface area contributed by atoms with E-state index in [0.717, 1.165) is 0 Å². The average Bonchev–Trinajstić information content (AvgIpc) is 2.55. The number of rotatable bonds is 6. The van der Waals surface area contributed by atoms with Gasteiger partial charge in [0.2, 0.25) is 5.91 Å². The number of anilines is 1. The van der Waals surface area contributed by atoms with Gasteiger partial charge >= 0.3 is 29.6 Å².